The van der Waals surface area contributed by atoms with Crippen LogP contribution in [0.5, 0.6) is 0 Å². The van der Waals surface area contributed by atoms with Crippen molar-refractivity contribution in [2.75, 3.05) is 5.32 Å². The fraction of sp³-hybridized carbons (Fsp3) is 0.100. The molecule has 0 saturated carbocycles. The number of anilines is 1. The summed E-state index contributed by atoms with van der Waals surface area (Å²) in [5.74, 6) is 0.928. The number of allylic oxidation sites excluding steroid dienone is 1. The van der Waals surface area contributed by atoms with Gasteiger partial charge in [-0.3, -0.25) is 0 Å². The molecule has 2 aromatic rings. The molecular formula is C10H9N7. The standard InChI is InChI=1S/C10H9N7/c1-7-3-2-4-12-9(7)13-6-8(5-11)10-14-16-17-15-10/h2-4,6H,1H3,(H,12,13)(H,14,15,16,17)/b8-6-. The minimum Gasteiger partial charge on any atom is -0.345 e. The lowest BCUT2D eigenvalue weighted by molar-refractivity contribution is 0.881. The van der Waals surface area contributed by atoms with Crippen molar-refractivity contribution in [2.45, 2.75) is 6.92 Å². The third-order valence-corrected chi connectivity index (χ3v) is 2.07. The molecule has 2 N–H and O–H groups in total. The Bertz CT molecular complexity index is 565. The monoisotopic (exact) mass is 227 g/mol. The van der Waals surface area contributed by atoms with E-state index in [1.807, 2.05) is 25.1 Å². The minimum absolute atomic E-state index is 0.244. The number of rotatable bonds is 3. The maximum absolute atomic E-state index is 8.94. The average Bonchev–Trinajstić information content (AvgIpc) is 2.86. The SMILES string of the molecule is Cc1cccnc1N/C=C(/C#N)c1nn[nH]n1. The predicted octanol–water partition coefficient (Wildman–Crippen LogP) is 0.880. The van der Waals surface area contributed by atoms with Crippen molar-refractivity contribution in [1.82, 2.24) is 25.6 Å². The number of aryl methyl sites for hydroxylation is 1. The van der Waals surface area contributed by atoms with Gasteiger partial charge in [0.25, 0.3) is 0 Å². The molecule has 0 amide bonds. The molecule has 0 saturated heterocycles. The predicted molar refractivity (Wildman–Crippen MR) is 60.4 cm³/mol. The van der Waals surface area contributed by atoms with Crippen molar-refractivity contribution < 1.29 is 0 Å². The van der Waals surface area contributed by atoms with E-state index in [-0.39, 0.29) is 11.4 Å². The van der Waals surface area contributed by atoms with E-state index in [0.29, 0.717) is 5.82 Å². The molecule has 0 fully saturated rings. The van der Waals surface area contributed by atoms with Gasteiger partial charge in [0.05, 0.1) is 0 Å². The molecule has 0 spiro atoms. The van der Waals surface area contributed by atoms with Crippen LogP contribution in [0, 0.1) is 18.3 Å². The number of nitriles is 1. The number of tetrazole rings is 1. The normalized spacial score (nSPS) is 10.9. The van der Waals surface area contributed by atoms with Crippen molar-refractivity contribution in [1.29, 1.82) is 5.26 Å². The van der Waals surface area contributed by atoms with E-state index < -0.39 is 0 Å². The molecular weight excluding hydrogens is 218 g/mol. The zero-order valence-corrected chi connectivity index (χ0v) is 9.05. The molecule has 0 atom stereocenters. The number of hydrogen-bond donors (Lipinski definition) is 2. The third kappa shape index (κ3) is 2.43. The summed E-state index contributed by atoms with van der Waals surface area (Å²) in [6, 6.07) is 5.74. The summed E-state index contributed by atoms with van der Waals surface area (Å²) in [5, 5.41) is 25.0. The van der Waals surface area contributed by atoms with Gasteiger partial charge in [0.1, 0.15) is 17.5 Å². The zero-order valence-electron chi connectivity index (χ0n) is 9.05. The van der Waals surface area contributed by atoms with Crippen LogP contribution in [0.15, 0.2) is 24.5 Å². The number of H-pyrrole nitrogens is 1. The van der Waals surface area contributed by atoms with Crippen LogP contribution in [-0.2, 0) is 0 Å². The molecule has 0 aliphatic rings. The molecule has 0 bridgehead atoms. The highest BCUT2D eigenvalue weighted by molar-refractivity contribution is 5.73. The average molecular weight is 227 g/mol. The van der Waals surface area contributed by atoms with Gasteiger partial charge in [-0.15, -0.1) is 10.2 Å². The Morgan fingerprint density at radius 2 is 2.47 bits per heavy atom. The first-order valence-electron chi connectivity index (χ1n) is 4.83. The molecule has 0 unspecified atom stereocenters. The number of nitrogens with one attached hydrogen (secondary N) is 2. The van der Waals surface area contributed by atoms with Gasteiger partial charge < -0.3 is 5.32 Å². The van der Waals surface area contributed by atoms with E-state index in [2.05, 4.69) is 30.9 Å². The van der Waals surface area contributed by atoms with Crippen molar-refractivity contribution in [2.24, 2.45) is 0 Å². The van der Waals surface area contributed by atoms with Crippen LogP contribution in [0.25, 0.3) is 5.57 Å². The Balaban J connectivity index is 2.21. The number of pyridine rings is 1. The molecule has 2 heterocycles. The topological polar surface area (TPSA) is 103 Å². The quantitative estimate of drug-likeness (QED) is 0.754. The van der Waals surface area contributed by atoms with Crippen molar-refractivity contribution in [3.63, 3.8) is 0 Å². The second-order valence-electron chi connectivity index (χ2n) is 3.22. The largest absolute Gasteiger partial charge is 0.345 e. The summed E-state index contributed by atoms with van der Waals surface area (Å²) in [7, 11) is 0. The van der Waals surface area contributed by atoms with Crippen molar-refractivity contribution >= 4 is 11.4 Å². The molecule has 17 heavy (non-hydrogen) atoms. The molecule has 2 aromatic heterocycles. The van der Waals surface area contributed by atoms with Crippen molar-refractivity contribution in [3.05, 3.63) is 35.9 Å². The zero-order chi connectivity index (χ0) is 12.1. The number of hydrogen-bond acceptors (Lipinski definition) is 6. The van der Waals surface area contributed by atoms with Crippen LogP contribution in [0.2, 0.25) is 0 Å². The van der Waals surface area contributed by atoms with Crippen LogP contribution >= 0.6 is 0 Å². The Morgan fingerprint density at radius 3 is 3.12 bits per heavy atom. The number of nitrogens with zero attached hydrogens (tertiary/aromatic N) is 5. The maximum atomic E-state index is 8.94. The second kappa shape index (κ2) is 4.85. The Hall–Kier alpha value is -2.75. The van der Waals surface area contributed by atoms with Crippen molar-refractivity contribution in [3.8, 4) is 6.07 Å². The number of aromatic amines is 1. The lowest BCUT2D eigenvalue weighted by Gasteiger charge is -2.02. The minimum atomic E-state index is 0.244. The van der Waals surface area contributed by atoms with Crippen LogP contribution in [0.3, 0.4) is 0 Å². The first-order valence-corrected chi connectivity index (χ1v) is 4.83. The highest BCUT2D eigenvalue weighted by Gasteiger charge is 2.05. The Morgan fingerprint density at radius 1 is 1.59 bits per heavy atom. The van der Waals surface area contributed by atoms with E-state index in [9.17, 15) is 0 Å². The van der Waals surface area contributed by atoms with Crippen LogP contribution < -0.4 is 5.32 Å². The van der Waals surface area contributed by atoms with Gasteiger partial charge in [0, 0.05) is 12.4 Å². The van der Waals surface area contributed by atoms with Crippen LogP contribution in [0.1, 0.15) is 11.4 Å². The molecule has 0 radical (unpaired) electrons. The van der Waals surface area contributed by atoms with Gasteiger partial charge in [0.15, 0.2) is 0 Å². The maximum Gasteiger partial charge on any atom is 0.216 e. The van der Waals surface area contributed by atoms with Gasteiger partial charge in [-0.1, -0.05) is 6.07 Å². The van der Waals surface area contributed by atoms with Gasteiger partial charge in [0.2, 0.25) is 5.82 Å². The Labute approximate surface area is 97.2 Å². The summed E-state index contributed by atoms with van der Waals surface area (Å²) in [6.45, 7) is 1.92. The van der Waals surface area contributed by atoms with E-state index in [4.69, 9.17) is 5.26 Å². The third-order valence-electron chi connectivity index (χ3n) is 2.07. The van der Waals surface area contributed by atoms with E-state index >= 15 is 0 Å². The molecule has 0 aromatic carbocycles. The summed E-state index contributed by atoms with van der Waals surface area (Å²) < 4.78 is 0. The fourth-order valence-electron chi connectivity index (χ4n) is 1.20. The Kier molecular flexibility index (Phi) is 3.07. The molecule has 7 heteroatoms. The fourth-order valence-corrected chi connectivity index (χ4v) is 1.20. The highest BCUT2D eigenvalue weighted by atomic mass is 15.5. The van der Waals surface area contributed by atoms with Gasteiger partial charge >= 0.3 is 0 Å². The lowest BCUT2D eigenvalue weighted by Crippen LogP contribution is -1.96. The molecule has 0 aliphatic heterocycles. The van der Waals surface area contributed by atoms with E-state index in [0.717, 1.165) is 5.56 Å². The van der Waals surface area contributed by atoms with E-state index in [1.54, 1.807) is 6.20 Å². The highest BCUT2D eigenvalue weighted by Crippen LogP contribution is 2.11. The summed E-state index contributed by atoms with van der Waals surface area (Å²) in [4.78, 5) is 4.14. The summed E-state index contributed by atoms with van der Waals surface area (Å²) in [5.41, 5.74) is 1.26. The molecule has 7 nitrogen and oxygen atoms in total. The summed E-state index contributed by atoms with van der Waals surface area (Å²) >= 11 is 0. The molecule has 2 rings (SSSR count). The van der Waals surface area contributed by atoms with Gasteiger partial charge in [-0.2, -0.15) is 10.5 Å². The van der Waals surface area contributed by atoms with Gasteiger partial charge in [-0.25, -0.2) is 4.98 Å². The van der Waals surface area contributed by atoms with Crippen LogP contribution in [-0.4, -0.2) is 25.6 Å². The summed E-state index contributed by atoms with van der Waals surface area (Å²) in [6.07, 6.45) is 3.17. The lowest BCUT2D eigenvalue weighted by atomic mass is 10.3. The van der Waals surface area contributed by atoms with Crippen LogP contribution in [0.4, 0.5) is 5.82 Å². The van der Waals surface area contributed by atoms with E-state index in [1.165, 1.54) is 6.20 Å². The van der Waals surface area contributed by atoms with Gasteiger partial charge in [-0.05, 0) is 23.8 Å². The number of aromatic nitrogens is 5. The smallest absolute Gasteiger partial charge is 0.216 e. The second-order valence-corrected chi connectivity index (χ2v) is 3.22. The first-order chi connectivity index (χ1) is 8.31. The molecule has 84 valence electrons. The first kappa shape index (κ1) is 10.8. The molecule has 0 aliphatic carbocycles.